The third kappa shape index (κ3) is 4.60. The molecule has 0 bridgehead atoms. The van der Waals surface area contributed by atoms with E-state index in [9.17, 15) is 4.79 Å². The van der Waals surface area contributed by atoms with Crippen LogP contribution in [0.5, 0.6) is 0 Å². The molecular weight excluding hydrogens is 384 g/mol. The lowest BCUT2D eigenvalue weighted by Gasteiger charge is -2.10. The number of carbonyl (C=O) groups is 1. The van der Waals surface area contributed by atoms with E-state index in [2.05, 4.69) is 10.3 Å². The number of benzene rings is 2. The molecule has 6 heteroatoms. The van der Waals surface area contributed by atoms with Crippen LogP contribution in [0.15, 0.2) is 93.1 Å². The van der Waals surface area contributed by atoms with Crippen molar-refractivity contribution in [3.8, 4) is 22.6 Å². The zero-order valence-corrected chi connectivity index (χ0v) is 16.7. The number of hydrogen-bond acceptors (Lipinski definition) is 5. The van der Waals surface area contributed by atoms with Crippen LogP contribution in [0.3, 0.4) is 0 Å². The van der Waals surface area contributed by atoms with E-state index in [-0.39, 0.29) is 17.7 Å². The topological polar surface area (TPSA) is 68.3 Å². The Labute approximate surface area is 173 Å². The summed E-state index contributed by atoms with van der Waals surface area (Å²) >= 11 is 1.27. The summed E-state index contributed by atoms with van der Waals surface area (Å²) in [6.07, 6.45) is 1.59. The Hall–Kier alpha value is -3.25. The van der Waals surface area contributed by atoms with Gasteiger partial charge in [0.15, 0.2) is 5.76 Å². The monoisotopic (exact) mass is 404 g/mol. The molecule has 0 aliphatic rings. The molecule has 0 unspecified atom stereocenters. The van der Waals surface area contributed by atoms with Gasteiger partial charge in [-0.15, -0.1) is 0 Å². The highest BCUT2D eigenvalue weighted by Gasteiger charge is 2.18. The first-order valence-electron chi connectivity index (χ1n) is 9.28. The molecule has 29 heavy (non-hydrogen) atoms. The first-order valence-corrected chi connectivity index (χ1v) is 10.3. The van der Waals surface area contributed by atoms with Gasteiger partial charge in [0.1, 0.15) is 11.5 Å². The number of carbonyl (C=O) groups excluding carboxylic acids is 1. The summed E-state index contributed by atoms with van der Waals surface area (Å²) in [7, 11) is 0. The minimum atomic E-state index is -0.192. The van der Waals surface area contributed by atoms with E-state index < -0.39 is 0 Å². The van der Waals surface area contributed by atoms with E-state index in [1.54, 1.807) is 12.3 Å². The van der Waals surface area contributed by atoms with Gasteiger partial charge in [-0.05, 0) is 19.1 Å². The molecule has 1 atom stereocenters. The number of furan rings is 1. The Balaban J connectivity index is 1.51. The number of rotatable bonds is 7. The number of hydrogen-bond donors (Lipinski definition) is 1. The van der Waals surface area contributed by atoms with Gasteiger partial charge in [-0.2, -0.15) is 0 Å². The first kappa shape index (κ1) is 19.1. The Bertz CT molecular complexity index is 1000. The first-order chi connectivity index (χ1) is 14.2. The fraction of sp³-hybridized carbons (Fsp3) is 0.130. The lowest BCUT2D eigenvalue weighted by atomic mass is 10.1. The van der Waals surface area contributed by atoms with E-state index in [0.717, 1.165) is 22.6 Å². The number of oxazole rings is 1. The van der Waals surface area contributed by atoms with Gasteiger partial charge in [0.05, 0.1) is 18.1 Å². The maximum absolute atomic E-state index is 12.3. The lowest BCUT2D eigenvalue weighted by molar-refractivity contribution is -0.119. The highest BCUT2D eigenvalue weighted by Crippen LogP contribution is 2.35. The number of thioether (sulfide) groups is 1. The van der Waals surface area contributed by atoms with Crippen molar-refractivity contribution >= 4 is 17.7 Å². The van der Waals surface area contributed by atoms with Crippen molar-refractivity contribution in [2.45, 2.75) is 18.2 Å². The molecule has 0 radical (unpaired) electrons. The van der Waals surface area contributed by atoms with Crippen molar-refractivity contribution in [1.29, 1.82) is 0 Å². The Morgan fingerprint density at radius 3 is 2.34 bits per heavy atom. The van der Waals surface area contributed by atoms with E-state index in [1.807, 2.05) is 73.7 Å². The molecule has 0 saturated carbocycles. The van der Waals surface area contributed by atoms with Gasteiger partial charge >= 0.3 is 0 Å². The molecule has 0 saturated heterocycles. The summed E-state index contributed by atoms with van der Waals surface area (Å²) in [5.41, 5.74) is 2.68. The Kier molecular flexibility index (Phi) is 5.81. The molecule has 5 nitrogen and oxygen atoms in total. The zero-order valence-electron chi connectivity index (χ0n) is 15.9. The van der Waals surface area contributed by atoms with Crippen molar-refractivity contribution in [3.63, 3.8) is 0 Å². The summed E-state index contributed by atoms with van der Waals surface area (Å²) in [4.78, 5) is 17.0. The van der Waals surface area contributed by atoms with Crippen molar-refractivity contribution in [2.24, 2.45) is 0 Å². The van der Waals surface area contributed by atoms with Gasteiger partial charge in [0.2, 0.25) is 5.91 Å². The smallest absolute Gasteiger partial charge is 0.257 e. The average Bonchev–Trinajstić information content (AvgIpc) is 3.44. The van der Waals surface area contributed by atoms with Gasteiger partial charge in [-0.25, -0.2) is 4.98 Å². The van der Waals surface area contributed by atoms with Crippen LogP contribution in [0, 0.1) is 0 Å². The summed E-state index contributed by atoms with van der Waals surface area (Å²) in [6.45, 7) is 1.88. The van der Waals surface area contributed by atoms with Crippen LogP contribution in [0.1, 0.15) is 18.7 Å². The van der Waals surface area contributed by atoms with Gasteiger partial charge in [-0.1, -0.05) is 72.4 Å². The summed E-state index contributed by atoms with van der Waals surface area (Å²) < 4.78 is 11.4. The second-order valence-corrected chi connectivity index (χ2v) is 7.41. The Morgan fingerprint density at radius 2 is 1.69 bits per heavy atom. The third-order valence-corrected chi connectivity index (χ3v) is 5.19. The molecule has 1 amide bonds. The fourth-order valence-corrected chi connectivity index (χ4v) is 3.59. The molecule has 4 rings (SSSR count). The van der Waals surface area contributed by atoms with Crippen LogP contribution in [0.2, 0.25) is 0 Å². The molecule has 0 aliphatic heterocycles. The van der Waals surface area contributed by atoms with Crippen molar-refractivity contribution in [2.75, 3.05) is 5.75 Å². The van der Waals surface area contributed by atoms with Gasteiger partial charge in [-0.3, -0.25) is 4.79 Å². The maximum Gasteiger partial charge on any atom is 0.257 e. The molecule has 0 spiro atoms. The molecule has 0 aliphatic carbocycles. The van der Waals surface area contributed by atoms with Crippen molar-refractivity contribution < 1.29 is 13.6 Å². The predicted octanol–water partition coefficient (Wildman–Crippen LogP) is 5.57. The molecule has 2 aromatic heterocycles. The van der Waals surface area contributed by atoms with Crippen LogP contribution in [0.4, 0.5) is 0 Å². The number of aromatic nitrogens is 1. The summed E-state index contributed by atoms with van der Waals surface area (Å²) in [5, 5.41) is 3.38. The van der Waals surface area contributed by atoms with E-state index in [1.165, 1.54) is 11.8 Å². The minimum absolute atomic E-state index is 0.111. The minimum Gasteiger partial charge on any atom is -0.467 e. The second kappa shape index (κ2) is 8.84. The maximum atomic E-state index is 12.3. The number of nitrogens with zero attached hydrogens (tertiary/aromatic N) is 1. The van der Waals surface area contributed by atoms with Gasteiger partial charge < -0.3 is 14.2 Å². The van der Waals surface area contributed by atoms with Gasteiger partial charge in [0, 0.05) is 11.1 Å². The Morgan fingerprint density at radius 1 is 1.00 bits per heavy atom. The molecule has 1 N–H and O–H groups in total. The second-order valence-electron chi connectivity index (χ2n) is 6.48. The van der Waals surface area contributed by atoms with Crippen LogP contribution in [-0.2, 0) is 4.79 Å². The van der Waals surface area contributed by atoms with Gasteiger partial charge in [0.25, 0.3) is 5.22 Å². The predicted molar refractivity (Wildman–Crippen MR) is 113 cm³/mol. The molecule has 2 aromatic carbocycles. The molecule has 0 fully saturated rings. The summed E-state index contributed by atoms with van der Waals surface area (Å²) in [5.74, 6) is 1.51. The number of amides is 1. The average molecular weight is 404 g/mol. The molecular formula is C23H20N2O3S. The quantitative estimate of drug-likeness (QED) is 0.408. The lowest BCUT2D eigenvalue weighted by Crippen LogP contribution is -2.27. The van der Waals surface area contributed by atoms with Crippen LogP contribution in [-0.4, -0.2) is 16.6 Å². The van der Waals surface area contributed by atoms with Crippen LogP contribution in [0.25, 0.3) is 22.6 Å². The standard InChI is InChI=1S/C23H20N2O3S/c1-16(19-13-8-14-27-19)24-20(26)15-29-23-25-21(17-9-4-2-5-10-17)22(28-23)18-11-6-3-7-12-18/h2-14,16H,15H2,1H3,(H,24,26)/t16-/m1/s1. The van der Waals surface area contributed by atoms with E-state index in [0.29, 0.717) is 11.0 Å². The van der Waals surface area contributed by atoms with E-state index in [4.69, 9.17) is 8.83 Å². The fourth-order valence-electron chi connectivity index (χ4n) is 2.96. The van der Waals surface area contributed by atoms with Crippen molar-refractivity contribution in [3.05, 3.63) is 84.8 Å². The normalized spacial score (nSPS) is 11.9. The van der Waals surface area contributed by atoms with Crippen LogP contribution >= 0.6 is 11.8 Å². The highest BCUT2D eigenvalue weighted by molar-refractivity contribution is 7.99. The zero-order chi connectivity index (χ0) is 20.1. The highest BCUT2D eigenvalue weighted by atomic mass is 32.2. The third-order valence-electron chi connectivity index (χ3n) is 4.36. The summed E-state index contributed by atoms with van der Waals surface area (Å²) in [6, 6.07) is 23.2. The largest absolute Gasteiger partial charge is 0.467 e. The molecule has 4 aromatic rings. The molecule has 2 heterocycles. The molecule has 146 valence electrons. The van der Waals surface area contributed by atoms with Crippen molar-refractivity contribution in [1.82, 2.24) is 10.3 Å². The van der Waals surface area contributed by atoms with E-state index >= 15 is 0 Å². The number of nitrogens with one attached hydrogen (secondary N) is 1. The van der Waals surface area contributed by atoms with Crippen LogP contribution < -0.4 is 5.32 Å². The SMILES string of the molecule is C[C@@H](NC(=O)CSc1nc(-c2ccccc2)c(-c2ccccc2)o1)c1ccco1.